The van der Waals surface area contributed by atoms with Crippen molar-refractivity contribution < 1.29 is 4.74 Å². The van der Waals surface area contributed by atoms with E-state index in [0.717, 1.165) is 45.9 Å². The monoisotopic (exact) mass is 702 g/mol. The Morgan fingerprint density at radius 2 is 1.23 bits per heavy atom. The van der Waals surface area contributed by atoms with E-state index in [-0.39, 0.29) is 6.10 Å². The van der Waals surface area contributed by atoms with Gasteiger partial charge in [-0.1, -0.05) is 60.7 Å². The van der Waals surface area contributed by atoms with Crippen LogP contribution in [0.5, 0.6) is 0 Å². The molecule has 4 rings (SSSR count). The quantitative estimate of drug-likeness (QED) is 0.116. The SMILES string of the molecule is CCC[CH2][Sn]([CH2]CCC)([CH2]CCC)[c]1cccc(/C=C/CN2CCN(CCOC(c3ccccc3)c3ccccc3)CC2)c1. The summed E-state index contributed by atoms with van der Waals surface area (Å²) in [7, 11) is 0. The van der Waals surface area contributed by atoms with Crippen molar-refractivity contribution in [3.05, 3.63) is 108 Å². The predicted octanol–water partition coefficient (Wildman–Crippen LogP) is 9.18. The van der Waals surface area contributed by atoms with Gasteiger partial charge in [-0.25, -0.2) is 0 Å². The normalized spacial score (nSPS) is 15.0. The van der Waals surface area contributed by atoms with Gasteiger partial charge in [0.25, 0.3) is 0 Å². The molecule has 1 aliphatic rings. The van der Waals surface area contributed by atoms with Gasteiger partial charge in [0, 0.05) is 0 Å². The summed E-state index contributed by atoms with van der Waals surface area (Å²) in [4.78, 5) is 5.16. The molecule has 0 N–H and O–H groups in total. The molecule has 0 saturated carbocycles. The summed E-state index contributed by atoms with van der Waals surface area (Å²) in [5.41, 5.74) is 3.85. The first-order valence-corrected chi connectivity index (χ1v) is 25.1. The number of unbranched alkanes of at least 4 members (excludes halogenated alkanes) is 3. The molecule has 0 amide bonds. The van der Waals surface area contributed by atoms with Gasteiger partial charge in [-0.3, -0.25) is 0 Å². The van der Waals surface area contributed by atoms with Crippen molar-refractivity contribution in [3.63, 3.8) is 0 Å². The maximum absolute atomic E-state index is 6.49. The van der Waals surface area contributed by atoms with E-state index >= 15 is 0 Å². The van der Waals surface area contributed by atoms with Gasteiger partial charge in [-0.05, 0) is 11.1 Å². The van der Waals surface area contributed by atoms with E-state index in [0.29, 0.717) is 0 Å². The average Bonchev–Trinajstić information content (AvgIpc) is 3.08. The summed E-state index contributed by atoms with van der Waals surface area (Å²) in [6.45, 7) is 14.3. The summed E-state index contributed by atoms with van der Waals surface area (Å²) in [5, 5.41) is 0. The summed E-state index contributed by atoms with van der Waals surface area (Å²) >= 11 is -2.39. The van der Waals surface area contributed by atoms with E-state index in [2.05, 4.69) is 128 Å². The fourth-order valence-corrected chi connectivity index (χ4v) is 22.9. The zero-order chi connectivity index (χ0) is 30.9. The van der Waals surface area contributed by atoms with Gasteiger partial charge in [-0.2, -0.15) is 0 Å². The first kappa shape index (κ1) is 34.9. The molecule has 238 valence electrons. The molecule has 1 fully saturated rings. The van der Waals surface area contributed by atoms with Crippen LogP contribution in [0.2, 0.25) is 13.3 Å². The third kappa shape index (κ3) is 10.9. The number of benzene rings is 3. The van der Waals surface area contributed by atoms with Gasteiger partial charge in [0.2, 0.25) is 0 Å². The van der Waals surface area contributed by atoms with Crippen LogP contribution in [0.25, 0.3) is 6.08 Å². The molecular formula is C40H58N2OSn. The molecule has 1 saturated heterocycles. The van der Waals surface area contributed by atoms with E-state index in [1.807, 2.05) is 0 Å². The summed E-state index contributed by atoms with van der Waals surface area (Å²) < 4.78 is 12.9. The van der Waals surface area contributed by atoms with Crippen molar-refractivity contribution in [1.82, 2.24) is 9.80 Å². The number of nitrogens with zero attached hydrogens (tertiary/aromatic N) is 2. The molecule has 1 aliphatic heterocycles. The standard InChI is InChI=1S/C28H31N2O.3C4H9.Sn/c1-4-11-25(12-5-1)13-10-18-29-19-21-30(22-20-29)23-24-31-28(26-14-6-2-7-15-26)27-16-8-3-9-17-27;3*1-3-4-2;/h1-4,6-17,28H,18-24H2;3*1,3-4H2,2H3;/b13-10+;;;;. The minimum atomic E-state index is -2.39. The molecule has 0 radical (unpaired) electrons. The number of hydrogen-bond acceptors (Lipinski definition) is 3. The van der Waals surface area contributed by atoms with Gasteiger partial charge in [0.1, 0.15) is 6.10 Å². The molecule has 0 unspecified atom stereocenters. The number of rotatable bonds is 19. The van der Waals surface area contributed by atoms with Crippen LogP contribution in [0.3, 0.4) is 0 Å². The Kier molecular flexibility index (Phi) is 15.5. The van der Waals surface area contributed by atoms with Gasteiger partial charge >= 0.3 is 192 Å². The van der Waals surface area contributed by atoms with E-state index in [4.69, 9.17) is 4.74 Å². The van der Waals surface area contributed by atoms with Gasteiger partial charge in [0.15, 0.2) is 0 Å². The molecule has 0 atom stereocenters. The molecule has 3 aromatic carbocycles. The van der Waals surface area contributed by atoms with E-state index in [1.165, 1.54) is 68.5 Å². The van der Waals surface area contributed by atoms with Crippen molar-refractivity contribution in [2.24, 2.45) is 0 Å². The van der Waals surface area contributed by atoms with Crippen molar-refractivity contribution in [1.29, 1.82) is 0 Å². The van der Waals surface area contributed by atoms with E-state index < -0.39 is 18.4 Å². The van der Waals surface area contributed by atoms with Crippen LogP contribution in [-0.2, 0) is 4.74 Å². The van der Waals surface area contributed by atoms with Gasteiger partial charge < -0.3 is 4.74 Å². The van der Waals surface area contributed by atoms with Gasteiger partial charge in [0.05, 0.1) is 0 Å². The van der Waals surface area contributed by atoms with Crippen LogP contribution < -0.4 is 3.58 Å². The first-order chi connectivity index (χ1) is 21.7. The Morgan fingerprint density at radius 3 is 1.77 bits per heavy atom. The second kappa shape index (κ2) is 19.6. The predicted molar refractivity (Wildman–Crippen MR) is 194 cm³/mol. The molecular weight excluding hydrogens is 643 g/mol. The van der Waals surface area contributed by atoms with Crippen LogP contribution in [-0.4, -0.2) is 74.1 Å². The van der Waals surface area contributed by atoms with Crippen LogP contribution in [0, 0.1) is 0 Å². The Balaban J connectivity index is 1.27. The topological polar surface area (TPSA) is 15.7 Å². The molecule has 3 nitrogen and oxygen atoms in total. The van der Waals surface area contributed by atoms with Crippen LogP contribution in [0.4, 0.5) is 0 Å². The molecule has 0 aliphatic carbocycles. The summed E-state index contributed by atoms with van der Waals surface area (Å²) in [5.74, 6) is 0. The molecule has 3 aromatic rings. The van der Waals surface area contributed by atoms with Crippen molar-refractivity contribution in [3.8, 4) is 0 Å². The van der Waals surface area contributed by atoms with Crippen LogP contribution in [0.15, 0.2) is 91.0 Å². The molecule has 0 spiro atoms. The Morgan fingerprint density at radius 1 is 0.682 bits per heavy atom. The molecule has 1 heterocycles. The first-order valence-electron chi connectivity index (χ1n) is 17.6. The van der Waals surface area contributed by atoms with Crippen LogP contribution in [0.1, 0.15) is 82.1 Å². The van der Waals surface area contributed by atoms with Crippen molar-refractivity contribution in [2.75, 3.05) is 45.9 Å². The zero-order valence-electron chi connectivity index (χ0n) is 27.9. The third-order valence-corrected chi connectivity index (χ3v) is 25.2. The fraction of sp³-hybridized carbons (Fsp3) is 0.500. The van der Waals surface area contributed by atoms with Crippen molar-refractivity contribution in [2.45, 2.75) is 78.7 Å². The Bertz CT molecular complexity index is 1150. The van der Waals surface area contributed by atoms with E-state index in [9.17, 15) is 0 Å². The molecule has 44 heavy (non-hydrogen) atoms. The second-order valence-corrected chi connectivity index (χ2v) is 26.1. The molecule has 0 bridgehead atoms. The summed E-state index contributed by atoms with van der Waals surface area (Å²) in [6.07, 6.45) is 13.0. The fourth-order valence-electron chi connectivity index (χ4n) is 6.80. The van der Waals surface area contributed by atoms with Crippen molar-refractivity contribution >= 4 is 28.0 Å². The third-order valence-electron chi connectivity index (χ3n) is 9.56. The Labute approximate surface area is 273 Å². The number of hydrogen-bond donors (Lipinski definition) is 0. The number of piperazine rings is 1. The molecule has 0 aromatic heterocycles. The minimum absolute atomic E-state index is 0.0125. The Hall–Kier alpha value is -1.92. The maximum atomic E-state index is 6.49. The summed E-state index contributed by atoms with van der Waals surface area (Å²) in [6, 6.07) is 31.0. The number of ether oxygens (including phenoxy) is 1. The second-order valence-electron chi connectivity index (χ2n) is 12.8. The molecule has 4 heteroatoms. The average molecular weight is 702 g/mol. The van der Waals surface area contributed by atoms with Crippen LogP contribution >= 0.6 is 0 Å². The zero-order valence-corrected chi connectivity index (χ0v) is 30.8. The van der Waals surface area contributed by atoms with Gasteiger partial charge in [-0.15, -0.1) is 0 Å². The van der Waals surface area contributed by atoms with E-state index in [1.54, 1.807) is 3.58 Å².